The minimum atomic E-state index is -0.0330. The molecule has 13 heavy (non-hydrogen) atoms. The van der Waals surface area contributed by atoms with Crippen molar-refractivity contribution in [2.45, 2.75) is 6.92 Å². The number of ketones is 1. The first-order valence-electron chi connectivity index (χ1n) is 3.74. The molecule has 0 saturated heterocycles. The molecule has 0 radical (unpaired) electrons. The van der Waals surface area contributed by atoms with Crippen LogP contribution in [0.4, 0.5) is 0 Å². The van der Waals surface area contributed by atoms with E-state index in [1.54, 1.807) is 18.2 Å². The minimum absolute atomic E-state index is 0.0330. The van der Waals surface area contributed by atoms with Gasteiger partial charge in [-0.05, 0) is 30.3 Å². The Morgan fingerprint density at radius 3 is 3.00 bits per heavy atom. The summed E-state index contributed by atoms with van der Waals surface area (Å²) in [5.74, 6) is -0.0330. The molecule has 5 heteroatoms. The Bertz CT molecular complexity index is 475. The van der Waals surface area contributed by atoms with E-state index in [0.717, 1.165) is 0 Å². The molecule has 0 aliphatic heterocycles. The van der Waals surface area contributed by atoms with Crippen molar-refractivity contribution in [2.24, 2.45) is 0 Å². The molecule has 0 aliphatic rings. The first-order chi connectivity index (χ1) is 6.18. The minimum Gasteiger partial charge on any atom is -0.410 e. The van der Waals surface area contributed by atoms with Crippen LogP contribution in [-0.2, 0) is 0 Å². The Hall–Kier alpha value is -1.91. The van der Waals surface area contributed by atoms with Crippen LogP contribution in [0, 0.1) is 0 Å². The molecule has 0 aliphatic carbocycles. The Morgan fingerprint density at radius 2 is 2.31 bits per heavy atom. The summed E-state index contributed by atoms with van der Waals surface area (Å²) in [6.07, 6.45) is 0. The van der Waals surface area contributed by atoms with Gasteiger partial charge in [-0.25, -0.2) is 0 Å². The van der Waals surface area contributed by atoms with E-state index < -0.39 is 0 Å². The Morgan fingerprint density at radius 1 is 1.54 bits per heavy atom. The van der Waals surface area contributed by atoms with E-state index in [-0.39, 0.29) is 5.78 Å². The lowest BCUT2D eigenvalue weighted by Gasteiger charge is -1.93. The van der Waals surface area contributed by atoms with Crippen LogP contribution in [0.25, 0.3) is 11.0 Å². The molecular weight excluding hydrogens is 170 g/mol. The summed E-state index contributed by atoms with van der Waals surface area (Å²) in [5.41, 5.74) is 1.56. The van der Waals surface area contributed by atoms with Crippen molar-refractivity contribution >= 4 is 16.8 Å². The van der Waals surface area contributed by atoms with Crippen molar-refractivity contribution < 1.29 is 10.0 Å². The summed E-state index contributed by atoms with van der Waals surface area (Å²) in [6, 6.07) is 4.82. The van der Waals surface area contributed by atoms with Gasteiger partial charge in [0.1, 0.15) is 11.0 Å². The third-order valence-corrected chi connectivity index (χ3v) is 1.83. The van der Waals surface area contributed by atoms with Crippen molar-refractivity contribution in [1.29, 1.82) is 0 Å². The van der Waals surface area contributed by atoms with Gasteiger partial charge in [0.15, 0.2) is 5.78 Å². The van der Waals surface area contributed by atoms with E-state index in [2.05, 4.69) is 10.3 Å². The third kappa shape index (κ3) is 1.14. The van der Waals surface area contributed by atoms with Gasteiger partial charge >= 0.3 is 0 Å². The summed E-state index contributed by atoms with van der Waals surface area (Å²) < 4.78 is 0. The monoisotopic (exact) mass is 177 g/mol. The van der Waals surface area contributed by atoms with Crippen LogP contribution in [0.15, 0.2) is 18.2 Å². The van der Waals surface area contributed by atoms with E-state index in [9.17, 15) is 4.79 Å². The molecule has 1 heterocycles. The first-order valence-corrected chi connectivity index (χ1v) is 3.74. The highest BCUT2D eigenvalue weighted by Crippen LogP contribution is 2.12. The van der Waals surface area contributed by atoms with Crippen molar-refractivity contribution in [2.75, 3.05) is 0 Å². The van der Waals surface area contributed by atoms with Crippen LogP contribution in [0.3, 0.4) is 0 Å². The fourth-order valence-electron chi connectivity index (χ4n) is 1.13. The average Bonchev–Trinajstić information content (AvgIpc) is 2.47. The van der Waals surface area contributed by atoms with Gasteiger partial charge in [-0.2, -0.15) is 0 Å². The maximum atomic E-state index is 11.0. The van der Waals surface area contributed by atoms with E-state index >= 15 is 0 Å². The molecule has 0 saturated carbocycles. The molecule has 2 aromatic rings. The number of hydrogen-bond acceptors (Lipinski definition) is 4. The number of fused-ring (bicyclic) bond motifs is 1. The molecule has 0 fully saturated rings. The van der Waals surface area contributed by atoms with E-state index in [1.165, 1.54) is 6.92 Å². The third-order valence-electron chi connectivity index (χ3n) is 1.83. The quantitative estimate of drug-likeness (QED) is 0.518. The van der Waals surface area contributed by atoms with Gasteiger partial charge in [0.2, 0.25) is 0 Å². The SMILES string of the molecule is CC(=O)c1ccc2c(c1)nnn2O. The molecule has 1 aromatic carbocycles. The number of carbonyl (C=O) groups excluding carboxylic acids is 1. The summed E-state index contributed by atoms with van der Waals surface area (Å²) in [4.78, 5) is 11.7. The van der Waals surface area contributed by atoms with Gasteiger partial charge in [-0.3, -0.25) is 4.79 Å². The van der Waals surface area contributed by atoms with E-state index in [4.69, 9.17) is 5.21 Å². The molecule has 2 rings (SSSR count). The maximum absolute atomic E-state index is 11.0. The lowest BCUT2D eigenvalue weighted by atomic mass is 10.1. The molecule has 1 N–H and O–H groups in total. The number of rotatable bonds is 1. The van der Waals surface area contributed by atoms with E-state index in [0.29, 0.717) is 21.4 Å². The molecule has 1 aromatic heterocycles. The zero-order valence-electron chi connectivity index (χ0n) is 6.93. The average molecular weight is 177 g/mol. The fraction of sp³-hybridized carbons (Fsp3) is 0.125. The smallest absolute Gasteiger partial charge is 0.159 e. The van der Waals surface area contributed by atoms with Crippen molar-refractivity contribution in [3.63, 3.8) is 0 Å². The van der Waals surface area contributed by atoms with Gasteiger partial charge in [0.25, 0.3) is 0 Å². The molecule has 66 valence electrons. The molecule has 0 amide bonds. The van der Waals surface area contributed by atoms with Crippen molar-refractivity contribution in [3.8, 4) is 0 Å². The highest BCUT2D eigenvalue weighted by molar-refractivity contribution is 5.97. The Balaban J connectivity index is 2.70. The molecule has 0 spiro atoms. The summed E-state index contributed by atoms with van der Waals surface area (Å²) in [6.45, 7) is 1.48. The number of hydrogen-bond donors (Lipinski definition) is 1. The second-order valence-corrected chi connectivity index (χ2v) is 2.74. The second kappa shape index (κ2) is 2.55. The number of benzene rings is 1. The molecule has 0 bridgehead atoms. The molecule has 5 nitrogen and oxygen atoms in total. The maximum Gasteiger partial charge on any atom is 0.159 e. The molecule has 0 unspecified atom stereocenters. The van der Waals surface area contributed by atoms with Gasteiger partial charge in [0.05, 0.1) is 0 Å². The van der Waals surface area contributed by atoms with Crippen LogP contribution >= 0.6 is 0 Å². The summed E-state index contributed by atoms with van der Waals surface area (Å²) in [7, 11) is 0. The first kappa shape index (κ1) is 7.72. The number of Topliss-reactive ketones (excluding diaryl/α,β-unsaturated/α-hetero) is 1. The lowest BCUT2D eigenvalue weighted by molar-refractivity contribution is 0.101. The highest BCUT2D eigenvalue weighted by Gasteiger charge is 2.05. The Labute approximate surface area is 73.5 Å². The summed E-state index contributed by atoms with van der Waals surface area (Å²) >= 11 is 0. The summed E-state index contributed by atoms with van der Waals surface area (Å²) in [5, 5.41) is 16.2. The molecule has 0 atom stereocenters. The second-order valence-electron chi connectivity index (χ2n) is 2.74. The van der Waals surface area contributed by atoms with Gasteiger partial charge in [-0.15, -0.1) is 5.10 Å². The number of carbonyl (C=O) groups is 1. The van der Waals surface area contributed by atoms with Crippen LogP contribution < -0.4 is 0 Å². The standard InChI is InChI=1S/C8H7N3O2/c1-5(12)6-2-3-8-7(4-6)9-10-11(8)13/h2-4,13H,1H3. The van der Waals surface area contributed by atoms with Crippen LogP contribution in [0.5, 0.6) is 0 Å². The lowest BCUT2D eigenvalue weighted by Crippen LogP contribution is -1.93. The predicted molar refractivity (Wildman–Crippen MR) is 44.7 cm³/mol. The van der Waals surface area contributed by atoms with Crippen molar-refractivity contribution in [3.05, 3.63) is 23.8 Å². The predicted octanol–water partition coefficient (Wildman–Crippen LogP) is 0.871. The zero-order chi connectivity index (χ0) is 9.42. The van der Waals surface area contributed by atoms with Crippen LogP contribution in [0.1, 0.15) is 17.3 Å². The molecular formula is C8H7N3O2. The van der Waals surface area contributed by atoms with Gasteiger partial charge in [-0.1, -0.05) is 4.85 Å². The topological polar surface area (TPSA) is 68.0 Å². The number of aromatic nitrogens is 3. The van der Waals surface area contributed by atoms with Crippen LogP contribution in [-0.4, -0.2) is 26.1 Å². The fourth-order valence-corrected chi connectivity index (χ4v) is 1.13. The van der Waals surface area contributed by atoms with Gasteiger partial charge in [0, 0.05) is 5.56 Å². The van der Waals surface area contributed by atoms with E-state index in [1.807, 2.05) is 0 Å². The zero-order valence-corrected chi connectivity index (χ0v) is 6.93. The van der Waals surface area contributed by atoms with Crippen LogP contribution in [0.2, 0.25) is 0 Å². The number of nitrogens with zero attached hydrogens (tertiary/aromatic N) is 3. The van der Waals surface area contributed by atoms with Gasteiger partial charge < -0.3 is 5.21 Å². The highest BCUT2D eigenvalue weighted by atomic mass is 16.5. The Kier molecular flexibility index (Phi) is 1.51. The largest absolute Gasteiger partial charge is 0.410 e. The van der Waals surface area contributed by atoms with Crippen molar-refractivity contribution in [1.82, 2.24) is 15.2 Å². The normalized spacial score (nSPS) is 10.5.